The summed E-state index contributed by atoms with van der Waals surface area (Å²) in [4.78, 5) is 33.0. The monoisotopic (exact) mass is 300 g/mol. The van der Waals surface area contributed by atoms with Crippen molar-refractivity contribution in [2.45, 2.75) is 12.3 Å². The zero-order valence-electron chi connectivity index (χ0n) is 10.9. The van der Waals surface area contributed by atoms with E-state index in [-0.39, 0.29) is 17.8 Å². The minimum absolute atomic E-state index is 0.130. The highest BCUT2D eigenvalue weighted by Crippen LogP contribution is 2.16. The predicted octanol–water partition coefficient (Wildman–Crippen LogP) is 1.41. The fourth-order valence-electron chi connectivity index (χ4n) is 1.49. The molecular formula is C12H13ClN2O5. The number of carbonyl (C=O) groups is 2. The molecule has 0 aromatic heterocycles. The fourth-order valence-corrected chi connectivity index (χ4v) is 1.66. The molecule has 108 valence electrons. The first-order chi connectivity index (χ1) is 9.35. The van der Waals surface area contributed by atoms with Crippen LogP contribution in [0.4, 0.5) is 5.69 Å². The summed E-state index contributed by atoms with van der Waals surface area (Å²) in [5.74, 6) is -1.21. The van der Waals surface area contributed by atoms with E-state index in [1.165, 1.54) is 19.2 Å². The number of alkyl halides is 1. The van der Waals surface area contributed by atoms with Gasteiger partial charge in [0, 0.05) is 24.2 Å². The number of ether oxygens (including phenoxy) is 1. The molecule has 0 fully saturated rings. The number of methoxy groups -OCH3 is 1. The van der Waals surface area contributed by atoms with Crippen molar-refractivity contribution in [3.05, 3.63) is 39.4 Å². The molecule has 0 saturated carbocycles. The van der Waals surface area contributed by atoms with E-state index in [0.717, 1.165) is 6.07 Å². The molecule has 0 heterocycles. The Balaban J connectivity index is 2.78. The summed E-state index contributed by atoms with van der Waals surface area (Å²) in [5.41, 5.74) is 0.538. The second kappa shape index (κ2) is 6.85. The molecule has 0 bridgehead atoms. The number of nitrogens with zero attached hydrogens (tertiary/aromatic N) is 1. The van der Waals surface area contributed by atoms with Crippen LogP contribution < -0.4 is 5.32 Å². The number of halogens is 1. The molecule has 0 aliphatic carbocycles. The van der Waals surface area contributed by atoms with Crippen LogP contribution in [0.15, 0.2) is 18.2 Å². The number of nitro groups is 1. The fraction of sp³-hybridized carbons (Fsp3) is 0.333. The molecule has 0 saturated heterocycles. The minimum atomic E-state index is -1.01. The van der Waals surface area contributed by atoms with Crippen LogP contribution in [0.2, 0.25) is 0 Å². The number of nitrogens with one attached hydrogen (secondary N) is 1. The molecule has 1 aromatic carbocycles. The maximum Gasteiger partial charge on any atom is 0.325 e. The van der Waals surface area contributed by atoms with Crippen molar-refractivity contribution in [2.75, 3.05) is 13.7 Å². The summed E-state index contributed by atoms with van der Waals surface area (Å²) in [6, 6.07) is 4.02. The number of aryl methyl sites for hydroxylation is 1. The molecular weight excluding hydrogens is 288 g/mol. The molecule has 0 spiro atoms. The van der Waals surface area contributed by atoms with E-state index < -0.39 is 22.2 Å². The molecule has 1 rings (SSSR count). The molecule has 1 N–H and O–H groups in total. The number of hydrogen-bond acceptors (Lipinski definition) is 5. The first kappa shape index (κ1) is 15.9. The van der Waals surface area contributed by atoms with Gasteiger partial charge in [-0.3, -0.25) is 19.7 Å². The lowest BCUT2D eigenvalue weighted by Gasteiger charge is -2.09. The third kappa shape index (κ3) is 4.20. The van der Waals surface area contributed by atoms with Gasteiger partial charge in [0.1, 0.15) is 5.38 Å². The van der Waals surface area contributed by atoms with Gasteiger partial charge in [0.2, 0.25) is 0 Å². The van der Waals surface area contributed by atoms with Crippen LogP contribution in [-0.2, 0) is 9.53 Å². The maximum absolute atomic E-state index is 11.8. The first-order valence-corrected chi connectivity index (χ1v) is 6.05. The Morgan fingerprint density at radius 2 is 2.10 bits per heavy atom. The van der Waals surface area contributed by atoms with Crippen LogP contribution in [0.3, 0.4) is 0 Å². The van der Waals surface area contributed by atoms with E-state index in [1.54, 1.807) is 6.92 Å². The highest BCUT2D eigenvalue weighted by atomic mass is 35.5. The lowest BCUT2D eigenvalue weighted by Crippen LogP contribution is -2.34. The van der Waals surface area contributed by atoms with Crippen LogP contribution in [0.5, 0.6) is 0 Å². The molecule has 0 radical (unpaired) electrons. The SMILES string of the molecule is COC(=O)C(Cl)CNC(=O)c1cc(C)cc([N+](=O)[O-])c1. The number of hydrogen-bond donors (Lipinski definition) is 1. The summed E-state index contributed by atoms with van der Waals surface area (Å²) in [5, 5.41) is 12.1. The summed E-state index contributed by atoms with van der Waals surface area (Å²) in [7, 11) is 1.18. The third-order valence-corrected chi connectivity index (χ3v) is 2.77. The largest absolute Gasteiger partial charge is 0.468 e. The summed E-state index contributed by atoms with van der Waals surface area (Å²) in [6.07, 6.45) is 0. The molecule has 1 amide bonds. The second-order valence-corrected chi connectivity index (χ2v) is 4.54. The molecule has 1 aromatic rings. The molecule has 0 aliphatic heterocycles. The van der Waals surface area contributed by atoms with E-state index >= 15 is 0 Å². The number of non-ortho nitro benzene ring substituents is 1. The molecule has 20 heavy (non-hydrogen) atoms. The number of carbonyl (C=O) groups excluding carboxylic acids is 2. The minimum Gasteiger partial charge on any atom is -0.468 e. The Kier molecular flexibility index (Phi) is 5.45. The number of esters is 1. The molecule has 7 nitrogen and oxygen atoms in total. The van der Waals surface area contributed by atoms with E-state index in [1.807, 2.05) is 0 Å². The third-order valence-electron chi connectivity index (χ3n) is 2.43. The molecule has 0 aliphatic rings. The molecule has 8 heteroatoms. The van der Waals surface area contributed by atoms with Gasteiger partial charge in [-0.2, -0.15) is 0 Å². The smallest absolute Gasteiger partial charge is 0.325 e. The molecule has 1 atom stereocenters. The van der Waals surface area contributed by atoms with Crippen molar-refractivity contribution in [1.82, 2.24) is 5.32 Å². The normalized spacial score (nSPS) is 11.6. The average Bonchev–Trinajstić information content (AvgIpc) is 2.42. The Hall–Kier alpha value is -2.15. The Morgan fingerprint density at radius 1 is 1.45 bits per heavy atom. The van der Waals surface area contributed by atoms with Gasteiger partial charge in [-0.1, -0.05) is 0 Å². The lowest BCUT2D eigenvalue weighted by molar-refractivity contribution is -0.384. The summed E-state index contributed by atoms with van der Waals surface area (Å²) >= 11 is 5.68. The summed E-state index contributed by atoms with van der Waals surface area (Å²) < 4.78 is 4.41. The highest BCUT2D eigenvalue weighted by molar-refractivity contribution is 6.30. The van der Waals surface area contributed by atoms with Crippen molar-refractivity contribution in [3.63, 3.8) is 0 Å². The van der Waals surface area contributed by atoms with E-state index in [0.29, 0.717) is 5.56 Å². The van der Waals surface area contributed by atoms with E-state index in [4.69, 9.17) is 11.6 Å². The van der Waals surface area contributed by atoms with Crippen molar-refractivity contribution in [3.8, 4) is 0 Å². The zero-order valence-corrected chi connectivity index (χ0v) is 11.6. The molecule has 1 unspecified atom stereocenters. The Bertz CT molecular complexity index is 547. The predicted molar refractivity (Wildman–Crippen MR) is 71.8 cm³/mol. The highest BCUT2D eigenvalue weighted by Gasteiger charge is 2.18. The van der Waals surface area contributed by atoms with Crippen LogP contribution in [0, 0.1) is 17.0 Å². The van der Waals surface area contributed by atoms with Crippen LogP contribution in [0.25, 0.3) is 0 Å². The van der Waals surface area contributed by atoms with Gasteiger partial charge in [-0.15, -0.1) is 11.6 Å². The quantitative estimate of drug-likeness (QED) is 0.384. The van der Waals surface area contributed by atoms with Crippen molar-refractivity contribution < 1.29 is 19.2 Å². The van der Waals surface area contributed by atoms with Crippen LogP contribution in [0.1, 0.15) is 15.9 Å². The number of benzene rings is 1. The second-order valence-electron chi connectivity index (χ2n) is 4.02. The average molecular weight is 301 g/mol. The summed E-state index contributed by atoms with van der Waals surface area (Å²) in [6.45, 7) is 1.51. The lowest BCUT2D eigenvalue weighted by atomic mass is 10.1. The van der Waals surface area contributed by atoms with Gasteiger partial charge in [-0.05, 0) is 18.6 Å². The van der Waals surface area contributed by atoms with Crippen LogP contribution in [-0.4, -0.2) is 35.8 Å². The van der Waals surface area contributed by atoms with Crippen LogP contribution >= 0.6 is 11.6 Å². The number of nitro benzene ring substituents is 1. The van der Waals surface area contributed by atoms with Gasteiger partial charge in [0.05, 0.1) is 12.0 Å². The van der Waals surface area contributed by atoms with Crippen molar-refractivity contribution >= 4 is 29.2 Å². The Labute approximate surface area is 120 Å². The van der Waals surface area contributed by atoms with E-state index in [2.05, 4.69) is 10.1 Å². The van der Waals surface area contributed by atoms with Crippen molar-refractivity contribution in [1.29, 1.82) is 0 Å². The topological polar surface area (TPSA) is 98.5 Å². The van der Waals surface area contributed by atoms with Gasteiger partial charge in [-0.25, -0.2) is 0 Å². The number of rotatable bonds is 5. The van der Waals surface area contributed by atoms with Crippen molar-refractivity contribution in [2.24, 2.45) is 0 Å². The van der Waals surface area contributed by atoms with Gasteiger partial charge >= 0.3 is 5.97 Å². The maximum atomic E-state index is 11.8. The van der Waals surface area contributed by atoms with Gasteiger partial charge < -0.3 is 10.1 Å². The standard InChI is InChI=1S/C12H13ClN2O5/c1-7-3-8(5-9(4-7)15(18)19)11(16)14-6-10(13)12(17)20-2/h3-5,10H,6H2,1-2H3,(H,14,16). The van der Waals surface area contributed by atoms with E-state index in [9.17, 15) is 19.7 Å². The van der Waals surface area contributed by atoms with Gasteiger partial charge in [0.25, 0.3) is 11.6 Å². The first-order valence-electron chi connectivity index (χ1n) is 5.61. The Morgan fingerprint density at radius 3 is 2.65 bits per heavy atom. The zero-order chi connectivity index (χ0) is 15.3. The van der Waals surface area contributed by atoms with Gasteiger partial charge in [0.15, 0.2) is 0 Å². The number of amides is 1.